The minimum absolute atomic E-state index is 0.0341. The zero-order valence-corrected chi connectivity index (χ0v) is 11.8. The van der Waals surface area contributed by atoms with Gasteiger partial charge in [0, 0.05) is 11.4 Å². The van der Waals surface area contributed by atoms with Gasteiger partial charge in [-0.3, -0.25) is 10.7 Å². The molecule has 7 nitrogen and oxygen atoms in total. The van der Waals surface area contributed by atoms with Crippen LogP contribution in [0.2, 0.25) is 0 Å². The topological polar surface area (TPSA) is 104 Å². The highest BCUT2D eigenvalue weighted by atomic mass is 32.2. The molecule has 8 heteroatoms. The molecule has 0 radical (unpaired) electrons. The highest BCUT2D eigenvalue weighted by Gasteiger charge is 2.15. The van der Waals surface area contributed by atoms with E-state index < -0.39 is 10.0 Å². The standard InChI is InChI=1S/C12H14N4O3S/c1-8-7-9(2)14-12(13-8)16-20(18,19)11-5-3-10(15-17)4-6-11/h3-7,15,17H,1-2H3,(H,13,14,16). The Kier molecular flexibility index (Phi) is 3.86. The van der Waals surface area contributed by atoms with E-state index in [0.717, 1.165) is 0 Å². The molecule has 3 N–H and O–H groups in total. The molecule has 0 unspecified atom stereocenters. The predicted molar refractivity (Wildman–Crippen MR) is 74.2 cm³/mol. The molecule has 0 saturated carbocycles. The van der Waals surface area contributed by atoms with E-state index >= 15 is 0 Å². The molecule has 0 aliphatic rings. The van der Waals surface area contributed by atoms with Crippen molar-refractivity contribution < 1.29 is 13.6 Å². The lowest BCUT2D eigenvalue weighted by atomic mass is 10.3. The van der Waals surface area contributed by atoms with Crippen LogP contribution in [-0.4, -0.2) is 23.6 Å². The first-order valence-electron chi connectivity index (χ1n) is 5.76. The summed E-state index contributed by atoms with van der Waals surface area (Å²) in [6.45, 7) is 3.52. The number of hydrogen-bond donors (Lipinski definition) is 3. The lowest BCUT2D eigenvalue weighted by Gasteiger charge is -2.08. The van der Waals surface area contributed by atoms with Crippen LogP contribution in [-0.2, 0) is 10.0 Å². The third-order valence-electron chi connectivity index (χ3n) is 2.50. The molecule has 0 amide bonds. The van der Waals surface area contributed by atoms with Crippen molar-refractivity contribution in [3.8, 4) is 0 Å². The fourth-order valence-electron chi connectivity index (χ4n) is 1.66. The van der Waals surface area contributed by atoms with Gasteiger partial charge in [0.05, 0.1) is 10.6 Å². The Labute approximate surface area is 116 Å². The molecule has 1 aromatic carbocycles. The Hall–Kier alpha value is -2.19. The molecule has 1 aromatic heterocycles. The first-order chi connectivity index (χ1) is 9.40. The van der Waals surface area contributed by atoms with E-state index in [2.05, 4.69) is 14.7 Å². The number of nitrogens with one attached hydrogen (secondary N) is 2. The van der Waals surface area contributed by atoms with Gasteiger partial charge in [0.1, 0.15) is 0 Å². The summed E-state index contributed by atoms with van der Waals surface area (Å²) in [5.74, 6) is 0.0341. The summed E-state index contributed by atoms with van der Waals surface area (Å²) >= 11 is 0. The molecule has 0 bridgehead atoms. The van der Waals surface area contributed by atoms with Crippen molar-refractivity contribution in [1.29, 1.82) is 0 Å². The number of aryl methyl sites for hydroxylation is 2. The first kappa shape index (κ1) is 14.2. The van der Waals surface area contributed by atoms with Crippen molar-refractivity contribution in [2.24, 2.45) is 0 Å². The molecule has 0 aliphatic heterocycles. The molecule has 0 aliphatic carbocycles. The van der Waals surface area contributed by atoms with Crippen LogP contribution in [0.15, 0.2) is 35.2 Å². The van der Waals surface area contributed by atoms with E-state index in [-0.39, 0.29) is 10.8 Å². The molecular weight excluding hydrogens is 280 g/mol. The van der Waals surface area contributed by atoms with Gasteiger partial charge in [0.15, 0.2) is 0 Å². The van der Waals surface area contributed by atoms with Crippen LogP contribution < -0.4 is 10.2 Å². The molecular formula is C12H14N4O3S. The van der Waals surface area contributed by atoms with E-state index in [9.17, 15) is 8.42 Å². The van der Waals surface area contributed by atoms with Crippen molar-refractivity contribution in [3.63, 3.8) is 0 Å². The molecule has 0 saturated heterocycles. The van der Waals surface area contributed by atoms with E-state index in [1.54, 1.807) is 19.9 Å². The van der Waals surface area contributed by atoms with E-state index in [0.29, 0.717) is 17.1 Å². The Balaban J connectivity index is 2.30. The Morgan fingerprint density at radius 1 is 1.05 bits per heavy atom. The van der Waals surface area contributed by atoms with E-state index in [4.69, 9.17) is 5.21 Å². The van der Waals surface area contributed by atoms with Gasteiger partial charge in [-0.25, -0.2) is 23.1 Å². The lowest BCUT2D eigenvalue weighted by Crippen LogP contribution is -2.15. The average molecular weight is 294 g/mol. The third-order valence-corrected chi connectivity index (χ3v) is 3.85. The summed E-state index contributed by atoms with van der Waals surface area (Å²) in [5, 5.41) is 8.69. The van der Waals surface area contributed by atoms with Gasteiger partial charge in [-0.2, -0.15) is 0 Å². The van der Waals surface area contributed by atoms with Gasteiger partial charge in [-0.1, -0.05) is 0 Å². The van der Waals surface area contributed by atoms with Crippen LogP contribution in [0.4, 0.5) is 11.6 Å². The van der Waals surface area contributed by atoms with E-state index in [1.165, 1.54) is 24.3 Å². The fraction of sp³-hybridized carbons (Fsp3) is 0.167. The van der Waals surface area contributed by atoms with Crippen LogP contribution >= 0.6 is 0 Å². The minimum atomic E-state index is -3.76. The second-order valence-corrected chi connectivity index (χ2v) is 5.90. The summed E-state index contributed by atoms with van der Waals surface area (Å²) in [6, 6.07) is 7.36. The number of aromatic nitrogens is 2. The summed E-state index contributed by atoms with van der Waals surface area (Å²) < 4.78 is 26.6. The number of hydrogen-bond acceptors (Lipinski definition) is 6. The minimum Gasteiger partial charge on any atom is -0.291 e. The second kappa shape index (κ2) is 5.43. The number of rotatable bonds is 4. The van der Waals surface area contributed by atoms with Crippen LogP contribution in [0, 0.1) is 13.8 Å². The molecule has 0 atom stereocenters. The van der Waals surface area contributed by atoms with Gasteiger partial charge in [0.2, 0.25) is 5.95 Å². The monoisotopic (exact) mass is 294 g/mol. The molecule has 0 fully saturated rings. The van der Waals surface area contributed by atoms with Gasteiger partial charge < -0.3 is 0 Å². The van der Waals surface area contributed by atoms with Gasteiger partial charge >= 0.3 is 0 Å². The van der Waals surface area contributed by atoms with Crippen molar-refractivity contribution in [2.75, 3.05) is 10.2 Å². The smallest absolute Gasteiger partial charge is 0.264 e. The maximum absolute atomic E-state index is 12.1. The maximum Gasteiger partial charge on any atom is 0.264 e. The van der Waals surface area contributed by atoms with E-state index in [1.807, 2.05) is 5.48 Å². The second-order valence-electron chi connectivity index (χ2n) is 4.22. The zero-order chi connectivity index (χ0) is 14.8. The molecule has 1 heterocycles. The van der Waals surface area contributed by atoms with Crippen LogP contribution in [0.25, 0.3) is 0 Å². The molecule has 0 spiro atoms. The van der Waals surface area contributed by atoms with Gasteiger partial charge in [0.25, 0.3) is 10.0 Å². The highest BCUT2D eigenvalue weighted by molar-refractivity contribution is 7.92. The Morgan fingerprint density at radius 3 is 2.10 bits per heavy atom. The van der Waals surface area contributed by atoms with Crippen molar-refractivity contribution in [2.45, 2.75) is 18.7 Å². The van der Waals surface area contributed by atoms with Crippen molar-refractivity contribution in [1.82, 2.24) is 9.97 Å². The van der Waals surface area contributed by atoms with Crippen molar-refractivity contribution in [3.05, 3.63) is 41.7 Å². The molecule has 20 heavy (non-hydrogen) atoms. The number of benzene rings is 1. The largest absolute Gasteiger partial charge is 0.291 e. The van der Waals surface area contributed by atoms with Gasteiger partial charge in [-0.15, -0.1) is 0 Å². The Morgan fingerprint density at radius 2 is 1.60 bits per heavy atom. The molecule has 106 valence electrons. The van der Waals surface area contributed by atoms with Gasteiger partial charge in [-0.05, 0) is 44.2 Å². The quantitative estimate of drug-likeness (QED) is 0.741. The maximum atomic E-state index is 12.1. The normalized spacial score (nSPS) is 11.2. The summed E-state index contributed by atoms with van der Waals surface area (Å²) in [7, 11) is -3.76. The summed E-state index contributed by atoms with van der Waals surface area (Å²) in [6.07, 6.45) is 0. The number of anilines is 2. The van der Waals surface area contributed by atoms with Crippen molar-refractivity contribution >= 4 is 21.7 Å². The lowest BCUT2D eigenvalue weighted by molar-refractivity contribution is 0.389. The molecule has 2 rings (SSSR count). The van der Waals surface area contributed by atoms with Crippen LogP contribution in [0.3, 0.4) is 0 Å². The molecule has 2 aromatic rings. The third kappa shape index (κ3) is 3.22. The first-order valence-corrected chi connectivity index (χ1v) is 7.24. The fourth-order valence-corrected chi connectivity index (χ4v) is 2.60. The Bertz CT molecular complexity index is 694. The highest BCUT2D eigenvalue weighted by Crippen LogP contribution is 2.16. The van der Waals surface area contributed by atoms with Crippen LogP contribution in [0.1, 0.15) is 11.4 Å². The predicted octanol–water partition coefficient (Wildman–Crippen LogP) is 1.70. The zero-order valence-electron chi connectivity index (χ0n) is 11.0. The van der Waals surface area contributed by atoms with Crippen LogP contribution in [0.5, 0.6) is 0 Å². The summed E-state index contributed by atoms with van der Waals surface area (Å²) in [5.41, 5.74) is 3.68. The summed E-state index contributed by atoms with van der Waals surface area (Å²) in [4.78, 5) is 8.10. The SMILES string of the molecule is Cc1cc(C)nc(NS(=O)(=O)c2ccc(NO)cc2)n1. The average Bonchev–Trinajstić information content (AvgIpc) is 2.37. The number of sulfonamides is 1. The number of nitrogens with zero attached hydrogens (tertiary/aromatic N) is 2.